The van der Waals surface area contributed by atoms with Crippen molar-refractivity contribution in [2.75, 3.05) is 13.2 Å². The molecule has 0 saturated heterocycles. The van der Waals surface area contributed by atoms with Crippen LogP contribution in [0.25, 0.3) is 0 Å². The predicted molar refractivity (Wildman–Crippen MR) is 97.4 cm³/mol. The number of nitrogens with one attached hydrogen (secondary N) is 2. The maximum Gasteiger partial charge on any atom is 0.269 e. The van der Waals surface area contributed by atoms with Crippen LogP contribution in [-0.4, -0.2) is 25.0 Å². The van der Waals surface area contributed by atoms with Gasteiger partial charge in [-0.15, -0.1) is 0 Å². The normalized spacial score (nSPS) is 15.4. The van der Waals surface area contributed by atoms with Gasteiger partial charge in [0.1, 0.15) is 18.1 Å². The summed E-state index contributed by atoms with van der Waals surface area (Å²) in [7, 11) is 0. The molecule has 2 aromatic carbocycles. The van der Waals surface area contributed by atoms with E-state index >= 15 is 0 Å². The summed E-state index contributed by atoms with van der Waals surface area (Å²) in [6, 6.07) is 12.0. The molecular formula is C19H19ClN2O4. The van der Waals surface area contributed by atoms with Gasteiger partial charge in [-0.25, -0.2) is 0 Å². The van der Waals surface area contributed by atoms with Crippen LogP contribution >= 0.6 is 11.6 Å². The Morgan fingerprint density at radius 1 is 1.19 bits per heavy atom. The van der Waals surface area contributed by atoms with Gasteiger partial charge in [-0.2, -0.15) is 0 Å². The lowest BCUT2D eigenvalue weighted by atomic mass is 9.96. The molecule has 1 aliphatic rings. The van der Waals surface area contributed by atoms with Crippen molar-refractivity contribution in [1.29, 1.82) is 0 Å². The number of fused-ring (bicyclic) bond motifs is 1. The van der Waals surface area contributed by atoms with Gasteiger partial charge >= 0.3 is 0 Å². The van der Waals surface area contributed by atoms with Gasteiger partial charge in [-0.1, -0.05) is 11.6 Å². The molecule has 3 rings (SSSR count). The van der Waals surface area contributed by atoms with Crippen LogP contribution in [0.1, 0.15) is 22.8 Å². The Hall–Kier alpha value is -2.73. The van der Waals surface area contributed by atoms with Crippen molar-refractivity contribution in [1.82, 2.24) is 10.9 Å². The van der Waals surface area contributed by atoms with Gasteiger partial charge in [0.2, 0.25) is 5.91 Å². The summed E-state index contributed by atoms with van der Waals surface area (Å²) >= 11 is 5.98. The zero-order valence-corrected chi connectivity index (χ0v) is 15.0. The maximum atomic E-state index is 12.3. The molecule has 0 saturated carbocycles. The number of hydrogen-bond donors (Lipinski definition) is 2. The summed E-state index contributed by atoms with van der Waals surface area (Å²) in [5.41, 5.74) is 6.17. The second-order valence-corrected chi connectivity index (χ2v) is 6.30. The summed E-state index contributed by atoms with van der Waals surface area (Å²) in [6.45, 7) is 2.69. The first-order valence-corrected chi connectivity index (χ1v) is 8.69. The lowest BCUT2D eigenvalue weighted by Gasteiger charge is -2.24. The van der Waals surface area contributed by atoms with Crippen molar-refractivity contribution < 1.29 is 19.1 Å². The van der Waals surface area contributed by atoms with E-state index in [2.05, 4.69) is 10.9 Å². The van der Waals surface area contributed by atoms with Gasteiger partial charge in [-0.05, 0) is 61.4 Å². The number of rotatable bonds is 4. The van der Waals surface area contributed by atoms with Crippen LogP contribution in [0.3, 0.4) is 0 Å². The number of hydrazine groups is 1. The molecule has 26 heavy (non-hydrogen) atoms. The van der Waals surface area contributed by atoms with Crippen LogP contribution in [0, 0.1) is 5.92 Å². The highest BCUT2D eigenvalue weighted by Gasteiger charge is 2.26. The number of benzene rings is 2. The zero-order valence-electron chi connectivity index (χ0n) is 14.3. The highest BCUT2D eigenvalue weighted by atomic mass is 35.5. The molecule has 0 aliphatic carbocycles. The number of hydrogen-bond acceptors (Lipinski definition) is 4. The summed E-state index contributed by atoms with van der Waals surface area (Å²) in [6.07, 6.45) is 0.501. The minimum absolute atomic E-state index is 0.249. The number of amides is 2. The molecule has 0 bridgehead atoms. The lowest BCUT2D eigenvalue weighted by Crippen LogP contribution is -2.47. The van der Waals surface area contributed by atoms with E-state index in [0.29, 0.717) is 29.4 Å². The SMILES string of the molecule is CCOc1ccc(C(=O)NNC(=O)[C@@H]2COc3ccc(Cl)cc3C2)cc1. The molecule has 136 valence electrons. The van der Waals surface area contributed by atoms with Crippen molar-refractivity contribution in [3.8, 4) is 11.5 Å². The van der Waals surface area contributed by atoms with Crippen molar-refractivity contribution in [2.45, 2.75) is 13.3 Å². The minimum Gasteiger partial charge on any atom is -0.494 e. The lowest BCUT2D eigenvalue weighted by molar-refractivity contribution is -0.127. The number of carbonyl (C=O) groups excluding carboxylic acids is 2. The fourth-order valence-electron chi connectivity index (χ4n) is 2.69. The van der Waals surface area contributed by atoms with Crippen LogP contribution in [-0.2, 0) is 11.2 Å². The molecule has 0 unspecified atom stereocenters. The van der Waals surface area contributed by atoms with Gasteiger partial charge < -0.3 is 9.47 Å². The molecule has 1 heterocycles. The Bertz CT molecular complexity index is 808. The Balaban J connectivity index is 1.54. The molecule has 1 atom stereocenters. The second-order valence-electron chi connectivity index (χ2n) is 5.86. The van der Waals surface area contributed by atoms with Crippen LogP contribution in [0.2, 0.25) is 5.02 Å². The third-order valence-corrected chi connectivity index (χ3v) is 4.26. The predicted octanol–water partition coefficient (Wildman–Crippen LogP) is 2.75. The molecule has 0 aromatic heterocycles. The molecule has 2 aromatic rings. The number of halogens is 1. The maximum absolute atomic E-state index is 12.3. The van der Waals surface area contributed by atoms with Crippen molar-refractivity contribution in [3.63, 3.8) is 0 Å². The van der Waals surface area contributed by atoms with Crippen molar-refractivity contribution in [3.05, 3.63) is 58.6 Å². The van der Waals surface area contributed by atoms with Crippen LogP contribution in [0.4, 0.5) is 0 Å². The Labute approximate surface area is 156 Å². The van der Waals surface area contributed by atoms with Crippen LogP contribution < -0.4 is 20.3 Å². The fourth-order valence-corrected chi connectivity index (χ4v) is 2.89. The third-order valence-electron chi connectivity index (χ3n) is 4.03. The Morgan fingerprint density at radius 3 is 2.69 bits per heavy atom. The fraction of sp³-hybridized carbons (Fsp3) is 0.263. The van der Waals surface area contributed by atoms with E-state index in [0.717, 1.165) is 11.3 Å². The molecular weight excluding hydrogens is 356 g/mol. The van der Waals surface area contributed by atoms with Gasteiger partial charge in [-0.3, -0.25) is 20.4 Å². The van der Waals surface area contributed by atoms with Gasteiger partial charge in [0.25, 0.3) is 5.91 Å². The average Bonchev–Trinajstić information content (AvgIpc) is 2.66. The monoisotopic (exact) mass is 374 g/mol. The van der Waals surface area contributed by atoms with Crippen LogP contribution in [0.5, 0.6) is 11.5 Å². The summed E-state index contributed by atoms with van der Waals surface area (Å²) in [5.74, 6) is 0.305. The van der Waals surface area contributed by atoms with E-state index < -0.39 is 11.8 Å². The molecule has 7 heteroatoms. The number of ether oxygens (including phenoxy) is 2. The first kappa shape index (κ1) is 18.1. The topological polar surface area (TPSA) is 76.7 Å². The van der Waals surface area contributed by atoms with E-state index in [9.17, 15) is 9.59 Å². The standard InChI is InChI=1S/C19H19ClN2O4/c1-2-25-16-6-3-12(4-7-16)18(23)21-22-19(24)14-9-13-10-15(20)5-8-17(13)26-11-14/h3-8,10,14H,2,9,11H2,1H3,(H,21,23)(H,22,24)/t14-/m0/s1. The average molecular weight is 375 g/mol. The molecule has 2 N–H and O–H groups in total. The van der Waals surface area contributed by atoms with Gasteiger partial charge in [0, 0.05) is 10.6 Å². The summed E-state index contributed by atoms with van der Waals surface area (Å²) < 4.78 is 10.9. The molecule has 0 radical (unpaired) electrons. The Kier molecular flexibility index (Phi) is 5.63. The first-order chi connectivity index (χ1) is 12.6. The Morgan fingerprint density at radius 2 is 1.96 bits per heavy atom. The molecule has 1 aliphatic heterocycles. The highest BCUT2D eigenvalue weighted by Crippen LogP contribution is 2.29. The van der Waals surface area contributed by atoms with Crippen molar-refractivity contribution >= 4 is 23.4 Å². The minimum atomic E-state index is -0.401. The smallest absolute Gasteiger partial charge is 0.269 e. The highest BCUT2D eigenvalue weighted by molar-refractivity contribution is 6.30. The van der Waals surface area contributed by atoms with Crippen molar-refractivity contribution in [2.24, 2.45) is 5.92 Å². The van der Waals surface area contributed by atoms with Crippen LogP contribution in [0.15, 0.2) is 42.5 Å². The van der Waals surface area contributed by atoms with E-state index in [4.69, 9.17) is 21.1 Å². The second kappa shape index (κ2) is 8.10. The summed E-state index contributed by atoms with van der Waals surface area (Å²) in [4.78, 5) is 24.4. The van der Waals surface area contributed by atoms with E-state index in [1.807, 2.05) is 6.92 Å². The summed E-state index contributed by atoms with van der Waals surface area (Å²) in [5, 5.41) is 0.595. The van der Waals surface area contributed by atoms with Gasteiger partial charge in [0.05, 0.1) is 12.5 Å². The van der Waals surface area contributed by atoms with E-state index in [-0.39, 0.29) is 12.5 Å². The van der Waals surface area contributed by atoms with E-state index in [1.165, 1.54) is 0 Å². The molecule has 2 amide bonds. The van der Waals surface area contributed by atoms with E-state index in [1.54, 1.807) is 42.5 Å². The molecule has 6 nitrogen and oxygen atoms in total. The molecule has 0 spiro atoms. The first-order valence-electron chi connectivity index (χ1n) is 8.31. The van der Waals surface area contributed by atoms with Gasteiger partial charge in [0.15, 0.2) is 0 Å². The molecule has 0 fully saturated rings. The largest absolute Gasteiger partial charge is 0.494 e. The number of carbonyl (C=O) groups is 2. The quantitative estimate of drug-likeness (QED) is 0.807. The third kappa shape index (κ3) is 4.26. The zero-order chi connectivity index (χ0) is 18.5.